The maximum atomic E-state index is 8.75. The van der Waals surface area contributed by atoms with Crippen molar-refractivity contribution in [1.82, 2.24) is 0 Å². The summed E-state index contributed by atoms with van der Waals surface area (Å²) >= 11 is 0. The Hall–Kier alpha value is -0.510. The molecule has 0 radical (unpaired) electrons. The van der Waals surface area contributed by atoms with Gasteiger partial charge in [-0.15, -0.1) is 0 Å². The van der Waals surface area contributed by atoms with Gasteiger partial charge >= 0.3 is 0 Å². The Morgan fingerprint density at radius 2 is 2.00 bits per heavy atom. The molecule has 0 aliphatic carbocycles. The molecule has 0 N–H and O–H groups in total. The van der Waals surface area contributed by atoms with E-state index < -0.39 is 0 Å². The first-order valence-electron chi connectivity index (χ1n) is 4.60. The zero-order chi connectivity index (χ0) is 8.69. The number of nitriles is 1. The van der Waals surface area contributed by atoms with Crippen molar-refractivity contribution in [3.8, 4) is 6.07 Å². The minimum Gasteiger partial charge on any atom is -0.198 e. The number of nitrogens with zero attached hydrogens (tertiary/aromatic N) is 1. The first kappa shape index (κ1) is 10.5. The van der Waals surface area contributed by atoms with Gasteiger partial charge in [0.15, 0.2) is 0 Å². The first-order chi connectivity index (χ1) is 5.20. The lowest BCUT2D eigenvalue weighted by atomic mass is 9.94. The van der Waals surface area contributed by atoms with Crippen molar-refractivity contribution in [3.63, 3.8) is 0 Å². The summed E-state index contributed by atoms with van der Waals surface area (Å²) in [4.78, 5) is 0. The highest BCUT2D eigenvalue weighted by molar-refractivity contribution is 4.82. The molecule has 0 spiro atoms. The van der Waals surface area contributed by atoms with Crippen molar-refractivity contribution in [3.05, 3.63) is 0 Å². The highest BCUT2D eigenvalue weighted by Gasteiger charge is 2.08. The summed E-state index contributed by atoms with van der Waals surface area (Å²) in [6, 6.07) is 2.37. The molecule has 0 bridgehead atoms. The second kappa shape index (κ2) is 6.22. The zero-order valence-corrected chi connectivity index (χ0v) is 7.93. The van der Waals surface area contributed by atoms with Crippen LogP contribution in [0.4, 0.5) is 0 Å². The third-order valence-corrected chi connectivity index (χ3v) is 1.84. The highest BCUT2D eigenvalue weighted by Crippen LogP contribution is 2.16. The number of unbranched alkanes of at least 4 members (excludes halogenated alkanes) is 1. The van der Waals surface area contributed by atoms with E-state index in [-0.39, 0.29) is 0 Å². The molecule has 11 heavy (non-hydrogen) atoms. The normalized spacial score (nSPS) is 13.0. The Morgan fingerprint density at radius 3 is 2.36 bits per heavy atom. The van der Waals surface area contributed by atoms with E-state index in [4.69, 9.17) is 5.26 Å². The zero-order valence-electron chi connectivity index (χ0n) is 7.93. The molecule has 1 nitrogen and oxygen atoms in total. The average molecular weight is 153 g/mol. The van der Waals surface area contributed by atoms with Crippen molar-refractivity contribution < 1.29 is 0 Å². The fraction of sp³-hybridized carbons (Fsp3) is 0.900. The predicted octanol–water partition coefficient (Wildman–Crippen LogP) is 3.36. The molecule has 0 aliphatic heterocycles. The maximum absolute atomic E-state index is 8.75. The third kappa shape index (κ3) is 5.91. The maximum Gasteiger partial charge on any atom is 0.0655 e. The lowest BCUT2D eigenvalue weighted by Gasteiger charge is -2.09. The molecular formula is C10H19N. The minimum absolute atomic E-state index is 0.301. The van der Waals surface area contributed by atoms with E-state index in [2.05, 4.69) is 26.8 Å². The Morgan fingerprint density at radius 1 is 1.36 bits per heavy atom. The first-order valence-corrected chi connectivity index (χ1v) is 4.60. The van der Waals surface area contributed by atoms with Crippen LogP contribution in [0.25, 0.3) is 0 Å². The molecule has 1 heteroatoms. The van der Waals surface area contributed by atoms with Gasteiger partial charge in [-0.05, 0) is 18.8 Å². The fourth-order valence-corrected chi connectivity index (χ4v) is 1.25. The van der Waals surface area contributed by atoms with Crippen molar-refractivity contribution in [2.45, 2.75) is 46.5 Å². The van der Waals surface area contributed by atoms with E-state index in [1.54, 1.807) is 0 Å². The van der Waals surface area contributed by atoms with Crippen LogP contribution < -0.4 is 0 Å². The standard InChI is InChI=1S/C10H19N/c1-4-5-6-10(8-11)7-9(2)3/h9-10H,4-7H2,1-3H3. The Bertz CT molecular complexity index is 121. The summed E-state index contributed by atoms with van der Waals surface area (Å²) in [6.45, 7) is 6.52. The van der Waals surface area contributed by atoms with Crippen molar-refractivity contribution in [2.75, 3.05) is 0 Å². The van der Waals surface area contributed by atoms with Gasteiger partial charge in [0, 0.05) is 5.92 Å². The Kier molecular flexibility index (Phi) is 5.93. The molecular weight excluding hydrogens is 134 g/mol. The molecule has 0 aliphatic rings. The quantitative estimate of drug-likeness (QED) is 0.594. The van der Waals surface area contributed by atoms with Crippen LogP contribution in [-0.2, 0) is 0 Å². The number of rotatable bonds is 5. The van der Waals surface area contributed by atoms with Gasteiger partial charge < -0.3 is 0 Å². The van der Waals surface area contributed by atoms with Gasteiger partial charge in [0.2, 0.25) is 0 Å². The van der Waals surface area contributed by atoms with Gasteiger partial charge in [0.05, 0.1) is 6.07 Å². The molecule has 0 rings (SSSR count). The molecule has 0 saturated heterocycles. The van der Waals surface area contributed by atoms with Crippen LogP contribution in [0.5, 0.6) is 0 Å². The van der Waals surface area contributed by atoms with Gasteiger partial charge in [0.1, 0.15) is 0 Å². The molecule has 1 atom stereocenters. The smallest absolute Gasteiger partial charge is 0.0655 e. The van der Waals surface area contributed by atoms with Gasteiger partial charge in [-0.3, -0.25) is 0 Å². The summed E-state index contributed by atoms with van der Waals surface area (Å²) in [5, 5.41) is 8.75. The summed E-state index contributed by atoms with van der Waals surface area (Å²) in [5.41, 5.74) is 0. The summed E-state index contributed by atoms with van der Waals surface area (Å²) < 4.78 is 0. The summed E-state index contributed by atoms with van der Waals surface area (Å²) in [5.74, 6) is 0.964. The molecule has 0 aromatic rings. The molecule has 0 amide bonds. The number of hydrogen-bond acceptors (Lipinski definition) is 1. The predicted molar refractivity (Wildman–Crippen MR) is 48.1 cm³/mol. The van der Waals surface area contributed by atoms with Gasteiger partial charge in [-0.25, -0.2) is 0 Å². The van der Waals surface area contributed by atoms with E-state index in [0.29, 0.717) is 11.8 Å². The SMILES string of the molecule is CCCCC(C#N)CC(C)C. The van der Waals surface area contributed by atoms with E-state index in [9.17, 15) is 0 Å². The van der Waals surface area contributed by atoms with Crippen LogP contribution in [0.1, 0.15) is 46.5 Å². The minimum atomic E-state index is 0.301. The van der Waals surface area contributed by atoms with Crippen LogP contribution in [-0.4, -0.2) is 0 Å². The Labute approximate surface area is 70.4 Å². The van der Waals surface area contributed by atoms with Crippen LogP contribution >= 0.6 is 0 Å². The summed E-state index contributed by atoms with van der Waals surface area (Å²) in [7, 11) is 0. The Balaban J connectivity index is 3.52. The molecule has 0 aromatic heterocycles. The lowest BCUT2D eigenvalue weighted by molar-refractivity contribution is 0.447. The molecule has 0 heterocycles. The second-order valence-corrected chi connectivity index (χ2v) is 3.60. The lowest BCUT2D eigenvalue weighted by Crippen LogP contribution is -2.01. The van der Waals surface area contributed by atoms with Crippen molar-refractivity contribution >= 4 is 0 Å². The van der Waals surface area contributed by atoms with Gasteiger partial charge in [-0.2, -0.15) is 5.26 Å². The molecule has 0 fully saturated rings. The monoisotopic (exact) mass is 153 g/mol. The van der Waals surface area contributed by atoms with Gasteiger partial charge in [0.25, 0.3) is 0 Å². The van der Waals surface area contributed by atoms with E-state index in [1.807, 2.05) is 0 Å². The molecule has 0 aromatic carbocycles. The van der Waals surface area contributed by atoms with Crippen LogP contribution in [0.15, 0.2) is 0 Å². The number of hydrogen-bond donors (Lipinski definition) is 0. The topological polar surface area (TPSA) is 23.8 Å². The van der Waals surface area contributed by atoms with Gasteiger partial charge in [-0.1, -0.05) is 33.6 Å². The molecule has 0 saturated carbocycles. The second-order valence-electron chi connectivity index (χ2n) is 3.60. The average Bonchev–Trinajstić information content (AvgIpc) is 1.97. The van der Waals surface area contributed by atoms with Crippen molar-refractivity contribution in [2.24, 2.45) is 11.8 Å². The van der Waals surface area contributed by atoms with E-state index in [0.717, 1.165) is 12.8 Å². The van der Waals surface area contributed by atoms with Crippen LogP contribution in [0.3, 0.4) is 0 Å². The van der Waals surface area contributed by atoms with Crippen LogP contribution in [0.2, 0.25) is 0 Å². The molecule has 1 unspecified atom stereocenters. The molecule has 64 valence electrons. The largest absolute Gasteiger partial charge is 0.198 e. The highest BCUT2D eigenvalue weighted by atomic mass is 14.3. The fourth-order valence-electron chi connectivity index (χ4n) is 1.25. The van der Waals surface area contributed by atoms with Crippen molar-refractivity contribution in [1.29, 1.82) is 5.26 Å². The third-order valence-electron chi connectivity index (χ3n) is 1.84. The summed E-state index contributed by atoms with van der Waals surface area (Å²) in [6.07, 6.45) is 4.56. The van der Waals surface area contributed by atoms with E-state index in [1.165, 1.54) is 12.8 Å². The van der Waals surface area contributed by atoms with E-state index >= 15 is 0 Å². The van der Waals surface area contributed by atoms with Crippen LogP contribution in [0, 0.1) is 23.2 Å².